The molecule has 0 radical (unpaired) electrons. The summed E-state index contributed by atoms with van der Waals surface area (Å²) < 4.78 is 18.0. The smallest absolute Gasteiger partial charge is 0.0477 e. The molecule has 18 heavy (non-hydrogen) atoms. The van der Waals surface area contributed by atoms with Crippen molar-refractivity contribution in [2.24, 2.45) is 0 Å². The van der Waals surface area contributed by atoms with Gasteiger partial charge in [-0.15, -0.1) is 0 Å². The molecule has 2 aliphatic rings. The van der Waals surface area contributed by atoms with Crippen LogP contribution in [0, 0.1) is 0 Å². The molecular weight excluding hydrogens is 246 g/mol. The van der Waals surface area contributed by atoms with Crippen LogP contribution in [-0.4, -0.2) is 40.5 Å². The highest BCUT2D eigenvalue weighted by molar-refractivity contribution is 7.86. The van der Waals surface area contributed by atoms with Gasteiger partial charge < -0.3 is 10.1 Å². The second kappa shape index (κ2) is 7.61. The largest absolute Gasteiger partial charge is 0.381 e. The third-order valence-electron chi connectivity index (χ3n) is 4.13. The standard InChI is InChI=1S/C14H27NO2S/c1-2-8-15-12-4-3-5-14(11-12)18(16)13-6-9-17-10-7-13/h12-15H,2-11H2,1H3. The highest BCUT2D eigenvalue weighted by Gasteiger charge is 2.31. The van der Waals surface area contributed by atoms with E-state index in [-0.39, 0.29) is 0 Å². The fraction of sp³-hybridized carbons (Fsp3) is 1.00. The highest BCUT2D eigenvalue weighted by atomic mass is 32.2. The minimum absolute atomic E-state index is 0.397. The molecule has 0 aromatic carbocycles. The molecular formula is C14H27NO2S. The van der Waals surface area contributed by atoms with Gasteiger partial charge >= 0.3 is 0 Å². The second-order valence-electron chi connectivity index (χ2n) is 5.58. The van der Waals surface area contributed by atoms with Gasteiger partial charge in [0.1, 0.15) is 0 Å². The van der Waals surface area contributed by atoms with Crippen molar-refractivity contribution in [2.75, 3.05) is 19.8 Å². The number of ether oxygens (including phenoxy) is 1. The van der Waals surface area contributed by atoms with E-state index in [1.54, 1.807) is 0 Å². The summed E-state index contributed by atoms with van der Waals surface area (Å²) in [5.74, 6) is 0. The summed E-state index contributed by atoms with van der Waals surface area (Å²) >= 11 is 0. The number of hydrogen-bond donors (Lipinski definition) is 1. The van der Waals surface area contributed by atoms with Crippen LogP contribution in [0.15, 0.2) is 0 Å². The maximum atomic E-state index is 12.6. The van der Waals surface area contributed by atoms with E-state index in [9.17, 15) is 4.21 Å². The predicted molar refractivity (Wildman–Crippen MR) is 76.3 cm³/mol. The molecule has 4 heteroatoms. The zero-order chi connectivity index (χ0) is 12.8. The molecule has 3 atom stereocenters. The Morgan fingerprint density at radius 1 is 1.17 bits per heavy atom. The van der Waals surface area contributed by atoms with E-state index in [0.29, 0.717) is 16.5 Å². The Morgan fingerprint density at radius 2 is 1.94 bits per heavy atom. The molecule has 0 aromatic rings. The highest BCUT2D eigenvalue weighted by Crippen LogP contribution is 2.27. The summed E-state index contributed by atoms with van der Waals surface area (Å²) in [7, 11) is -0.639. The van der Waals surface area contributed by atoms with Gasteiger partial charge in [-0.1, -0.05) is 13.3 Å². The molecule has 1 saturated heterocycles. The average molecular weight is 273 g/mol. The Balaban J connectivity index is 1.81. The Kier molecular flexibility index (Phi) is 6.12. The lowest BCUT2D eigenvalue weighted by atomic mass is 9.95. The first-order chi connectivity index (χ1) is 8.81. The molecule has 1 saturated carbocycles. The van der Waals surface area contributed by atoms with E-state index in [1.807, 2.05) is 0 Å². The van der Waals surface area contributed by atoms with Crippen molar-refractivity contribution < 1.29 is 8.95 Å². The van der Waals surface area contributed by atoms with Gasteiger partial charge in [0.15, 0.2) is 0 Å². The van der Waals surface area contributed by atoms with Crippen molar-refractivity contribution in [3.8, 4) is 0 Å². The SMILES string of the molecule is CCCNC1CCCC(S(=O)C2CCOCC2)C1. The molecule has 3 unspecified atom stereocenters. The van der Waals surface area contributed by atoms with E-state index in [2.05, 4.69) is 12.2 Å². The van der Waals surface area contributed by atoms with Crippen LogP contribution in [0.2, 0.25) is 0 Å². The van der Waals surface area contributed by atoms with E-state index in [4.69, 9.17) is 4.74 Å². The first-order valence-corrected chi connectivity index (χ1v) is 8.79. The minimum atomic E-state index is -0.639. The van der Waals surface area contributed by atoms with Gasteiger partial charge in [-0.25, -0.2) is 0 Å². The second-order valence-corrected chi connectivity index (χ2v) is 7.57. The fourth-order valence-electron chi connectivity index (χ4n) is 3.07. The van der Waals surface area contributed by atoms with E-state index < -0.39 is 10.8 Å². The first kappa shape index (κ1) is 14.5. The molecule has 3 nitrogen and oxygen atoms in total. The van der Waals surface area contributed by atoms with Crippen molar-refractivity contribution in [3.63, 3.8) is 0 Å². The zero-order valence-corrected chi connectivity index (χ0v) is 12.3. The van der Waals surface area contributed by atoms with Gasteiger partial charge in [0.25, 0.3) is 0 Å². The Hall–Kier alpha value is 0.0700. The molecule has 106 valence electrons. The maximum Gasteiger partial charge on any atom is 0.0477 e. The molecule has 0 aromatic heterocycles. The fourth-order valence-corrected chi connectivity index (χ4v) is 5.09. The molecule has 1 aliphatic heterocycles. The molecule has 1 aliphatic carbocycles. The molecule has 1 N–H and O–H groups in total. The summed E-state index contributed by atoms with van der Waals surface area (Å²) in [6.07, 6.45) is 7.96. The van der Waals surface area contributed by atoms with Crippen LogP contribution in [0.25, 0.3) is 0 Å². The van der Waals surface area contributed by atoms with Gasteiger partial charge in [0, 0.05) is 40.6 Å². The average Bonchev–Trinajstić information content (AvgIpc) is 2.45. The van der Waals surface area contributed by atoms with Gasteiger partial charge in [-0.2, -0.15) is 0 Å². The van der Waals surface area contributed by atoms with Crippen LogP contribution < -0.4 is 5.32 Å². The lowest BCUT2D eigenvalue weighted by molar-refractivity contribution is 0.0990. The van der Waals surface area contributed by atoms with Gasteiger partial charge in [0.2, 0.25) is 0 Å². The zero-order valence-electron chi connectivity index (χ0n) is 11.5. The Morgan fingerprint density at radius 3 is 2.67 bits per heavy atom. The minimum Gasteiger partial charge on any atom is -0.381 e. The van der Waals surface area contributed by atoms with Crippen LogP contribution in [0.4, 0.5) is 0 Å². The van der Waals surface area contributed by atoms with E-state index >= 15 is 0 Å². The summed E-state index contributed by atoms with van der Waals surface area (Å²) in [6.45, 7) is 4.91. The van der Waals surface area contributed by atoms with Crippen molar-refractivity contribution in [1.29, 1.82) is 0 Å². The summed E-state index contributed by atoms with van der Waals surface area (Å²) in [6, 6.07) is 0.604. The normalized spacial score (nSPS) is 32.3. The number of hydrogen-bond acceptors (Lipinski definition) is 3. The topological polar surface area (TPSA) is 38.3 Å². The van der Waals surface area contributed by atoms with Crippen LogP contribution >= 0.6 is 0 Å². The molecule has 1 heterocycles. The Bertz CT molecular complexity index is 267. The van der Waals surface area contributed by atoms with Crippen molar-refractivity contribution in [2.45, 2.75) is 68.4 Å². The van der Waals surface area contributed by atoms with Gasteiger partial charge in [-0.3, -0.25) is 4.21 Å². The monoisotopic (exact) mass is 273 g/mol. The maximum absolute atomic E-state index is 12.6. The lowest BCUT2D eigenvalue weighted by Gasteiger charge is -2.32. The third kappa shape index (κ3) is 4.04. The molecule has 0 spiro atoms. The number of rotatable bonds is 5. The predicted octanol–water partition coefficient (Wildman–Crippen LogP) is 2.22. The van der Waals surface area contributed by atoms with Crippen LogP contribution in [0.5, 0.6) is 0 Å². The quantitative estimate of drug-likeness (QED) is 0.835. The molecule has 2 rings (SSSR count). The van der Waals surface area contributed by atoms with E-state index in [1.165, 1.54) is 19.3 Å². The van der Waals surface area contributed by atoms with Crippen molar-refractivity contribution >= 4 is 10.8 Å². The van der Waals surface area contributed by atoms with Gasteiger partial charge in [0.05, 0.1) is 0 Å². The third-order valence-corrected chi connectivity index (χ3v) is 6.35. The van der Waals surface area contributed by atoms with E-state index in [0.717, 1.165) is 45.4 Å². The molecule has 2 fully saturated rings. The molecule has 0 amide bonds. The van der Waals surface area contributed by atoms with Crippen molar-refractivity contribution in [3.05, 3.63) is 0 Å². The van der Waals surface area contributed by atoms with Crippen molar-refractivity contribution in [1.82, 2.24) is 5.32 Å². The number of nitrogens with one attached hydrogen (secondary N) is 1. The van der Waals surface area contributed by atoms with Crippen LogP contribution in [0.1, 0.15) is 51.9 Å². The van der Waals surface area contributed by atoms with Crippen LogP contribution in [0.3, 0.4) is 0 Å². The summed E-state index contributed by atoms with van der Waals surface area (Å²) in [5, 5.41) is 4.42. The van der Waals surface area contributed by atoms with Crippen LogP contribution in [-0.2, 0) is 15.5 Å². The summed E-state index contributed by atoms with van der Waals surface area (Å²) in [5.41, 5.74) is 0. The van der Waals surface area contributed by atoms with Gasteiger partial charge in [-0.05, 0) is 45.1 Å². The molecule has 0 bridgehead atoms. The first-order valence-electron chi connectivity index (χ1n) is 7.51. The lowest BCUT2D eigenvalue weighted by Crippen LogP contribution is -2.40. The Labute approximate surface area is 114 Å². The summed E-state index contributed by atoms with van der Waals surface area (Å²) in [4.78, 5) is 0.